The van der Waals surface area contributed by atoms with Crippen molar-refractivity contribution in [1.82, 2.24) is 39.7 Å². The van der Waals surface area contributed by atoms with Crippen molar-refractivity contribution in [3.8, 4) is 0 Å². The number of anilines is 3. The molecule has 0 unspecified atom stereocenters. The zero-order chi connectivity index (χ0) is 40.6. The highest BCUT2D eigenvalue weighted by atomic mass is 19.1. The number of likely N-dealkylation sites (tertiary alicyclic amines) is 1. The minimum atomic E-state index is -0.865. The largest absolute Gasteiger partial charge is 0.371 e. The first-order valence-corrected chi connectivity index (χ1v) is 20.7. The van der Waals surface area contributed by atoms with Gasteiger partial charge < -0.3 is 30.3 Å². The van der Waals surface area contributed by atoms with Crippen LogP contribution >= 0.6 is 0 Å². The molecule has 16 nitrogen and oxygen atoms in total. The van der Waals surface area contributed by atoms with E-state index in [9.17, 15) is 24.0 Å². The van der Waals surface area contributed by atoms with Crippen molar-refractivity contribution in [2.75, 3.05) is 60.9 Å². The highest BCUT2D eigenvalue weighted by Crippen LogP contribution is 2.35. The van der Waals surface area contributed by atoms with Gasteiger partial charge in [0.05, 0.1) is 34.1 Å². The van der Waals surface area contributed by atoms with Crippen LogP contribution in [0.3, 0.4) is 0 Å². The number of carbonyl (C=O) groups is 4. The maximum absolute atomic E-state index is 15.1. The van der Waals surface area contributed by atoms with Crippen LogP contribution in [0, 0.1) is 11.7 Å². The fourth-order valence-corrected chi connectivity index (χ4v) is 9.11. The number of carbonyl (C=O) groups excluding carboxylic acids is 4. The molecular weight excluding hydrogens is 758 g/mol. The lowest BCUT2D eigenvalue weighted by Crippen LogP contribution is -2.52. The number of aromatic amines is 1. The summed E-state index contributed by atoms with van der Waals surface area (Å²) in [6.45, 7) is 6.34. The normalized spacial score (nSPS) is 20.0. The average molecular weight is 806 g/mol. The van der Waals surface area contributed by atoms with Gasteiger partial charge in [0, 0.05) is 88.1 Å². The number of imide groups is 1. The number of amides is 4. The van der Waals surface area contributed by atoms with Crippen LogP contribution in [0.25, 0.3) is 16.6 Å². The second kappa shape index (κ2) is 16.3. The van der Waals surface area contributed by atoms with E-state index in [0.717, 1.165) is 107 Å². The topological polar surface area (TPSA) is 182 Å². The molecule has 4 fully saturated rings. The Balaban J connectivity index is 0.800. The number of hydrogen-bond acceptors (Lipinski definition) is 10. The summed E-state index contributed by atoms with van der Waals surface area (Å²) in [5.41, 5.74) is 3.37. The summed E-state index contributed by atoms with van der Waals surface area (Å²) in [5, 5.41) is 13.9. The van der Waals surface area contributed by atoms with Crippen LogP contribution in [-0.4, -0.2) is 105 Å². The Morgan fingerprint density at radius 1 is 0.864 bits per heavy atom. The number of H-pyrrole nitrogens is 1. The third kappa shape index (κ3) is 8.03. The van der Waals surface area contributed by atoms with E-state index in [4.69, 9.17) is 5.10 Å². The molecule has 308 valence electrons. The Bertz CT molecular complexity index is 2470. The smallest absolute Gasteiger partial charge is 0.331 e. The van der Waals surface area contributed by atoms with Gasteiger partial charge in [0.1, 0.15) is 11.9 Å². The van der Waals surface area contributed by atoms with Gasteiger partial charge in [-0.05, 0) is 87.6 Å². The van der Waals surface area contributed by atoms with Crippen LogP contribution < -0.4 is 31.4 Å². The van der Waals surface area contributed by atoms with Crippen LogP contribution in [-0.2, 0) is 9.59 Å². The molecule has 9 rings (SSSR count). The highest BCUT2D eigenvalue weighted by Gasteiger charge is 2.30. The fourth-order valence-electron chi connectivity index (χ4n) is 9.11. The van der Waals surface area contributed by atoms with E-state index in [1.165, 1.54) is 41.5 Å². The third-order valence-electron chi connectivity index (χ3n) is 12.4. The molecule has 3 aromatic heterocycles. The van der Waals surface area contributed by atoms with Gasteiger partial charge in [0.2, 0.25) is 11.8 Å². The molecule has 2 aromatic carbocycles. The lowest BCUT2D eigenvalue weighted by atomic mass is 9.94. The summed E-state index contributed by atoms with van der Waals surface area (Å²) in [7, 11) is 0. The van der Waals surface area contributed by atoms with E-state index < -0.39 is 23.7 Å². The molecular formula is C42H48FN11O5. The zero-order valence-corrected chi connectivity index (χ0v) is 32.8. The van der Waals surface area contributed by atoms with E-state index in [0.29, 0.717) is 17.3 Å². The molecule has 17 heteroatoms. The van der Waals surface area contributed by atoms with Crippen LogP contribution in [0.4, 0.5) is 21.5 Å². The van der Waals surface area contributed by atoms with Crippen molar-refractivity contribution >= 4 is 57.2 Å². The molecule has 1 atom stereocenters. The Labute approximate surface area is 339 Å². The van der Waals surface area contributed by atoms with Crippen LogP contribution in [0.1, 0.15) is 84.5 Å². The monoisotopic (exact) mass is 805 g/mol. The van der Waals surface area contributed by atoms with Crippen molar-refractivity contribution in [3.63, 3.8) is 0 Å². The predicted molar refractivity (Wildman–Crippen MR) is 219 cm³/mol. The van der Waals surface area contributed by atoms with Crippen LogP contribution in [0.15, 0.2) is 59.9 Å². The van der Waals surface area contributed by atoms with Gasteiger partial charge in [0.15, 0.2) is 5.65 Å². The van der Waals surface area contributed by atoms with E-state index in [1.807, 2.05) is 6.07 Å². The van der Waals surface area contributed by atoms with Crippen molar-refractivity contribution in [2.45, 2.75) is 69.9 Å². The Kier molecular flexibility index (Phi) is 10.6. The zero-order valence-electron chi connectivity index (χ0n) is 32.8. The number of aromatic nitrogens is 5. The minimum absolute atomic E-state index is 0.126. The highest BCUT2D eigenvalue weighted by molar-refractivity contribution is 6.10. The van der Waals surface area contributed by atoms with Crippen LogP contribution in [0.5, 0.6) is 0 Å². The number of imidazole rings is 1. The van der Waals surface area contributed by atoms with E-state index in [2.05, 4.69) is 57.6 Å². The molecule has 4 N–H and O–H groups in total. The van der Waals surface area contributed by atoms with Crippen LogP contribution in [0.2, 0.25) is 0 Å². The summed E-state index contributed by atoms with van der Waals surface area (Å²) < 4.78 is 18.6. The molecule has 0 aliphatic carbocycles. The van der Waals surface area contributed by atoms with Gasteiger partial charge in [-0.1, -0.05) is 0 Å². The van der Waals surface area contributed by atoms with Gasteiger partial charge in [-0.2, -0.15) is 5.10 Å². The SMILES string of the molecule is O=C1CC[C@H](NC(=O)c2ccc(N3CCC(CN4CCC(n5cc6cc(NC(=O)c7c[nH]c(=O)n8ccnc78)c(N7CCCCC7)cc6n5)CC4)CC3)cc2F)C(=O)N1. The number of nitrogens with zero attached hydrogens (tertiary/aromatic N) is 7. The first-order valence-electron chi connectivity index (χ1n) is 20.7. The molecule has 59 heavy (non-hydrogen) atoms. The molecule has 4 saturated heterocycles. The van der Waals surface area contributed by atoms with Crippen molar-refractivity contribution in [2.24, 2.45) is 5.92 Å². The number of fused-ring (bicyclic) bond motifs is 2. The van der Waals surface area contributed by atoms with Gasteiger partial charge >= 0.3 is 5.69 Å². The van der Waals surface area contributed by atoms with Gasteiger partial charge in [-0.25, -0.2) is 14.2 Å². The second-order valence-electron chi connectivity index (χ2n) is 16.3. The molecule has 4 aliphatic rings. The molecule has 0 saturated carbocycles. The quantitative estimate of drug-likeness (QED) is 0.160. The summed E-state index contributed by atoms with van der Waals surface area (Å²) in [6, 6.07) is 8.11. The number of halogens is 1. The maximum Gasteiger partial charge on any atom is 0.331 e. The van der Waals surface area contributed by atoms with Gasteiger partial charge in [-0.15, -0.1) is 0 Å². The summed E-state index contributed by atoms with van der Waals surface area (Å²) in [5.74, 6) is -2.09. The number of rotatable bonds is 9. The molecule has 4 amide bonds. The standard InChI is InChI=1S/C42H48FN11O5/c43-32-21-29(4-5-30(32)39(56)46-33-6-7-37(55)48-41(33)58)51-17-8-26(9-18-51)24-50-15-10-28(11-16-50)54-25-27-20-35(36(22-34(27)49-54)52-13-2-1-3-14-52)47-40(57)31-23-45-42(59)53-19-12-44-38(31)53/h4-5,12,19-23,25-26,28,33H,1-3,6-11,13-18,24H2,(H,45,59)(H,46,56)(H,47,57)(H,48,55,58)/t33-/m0/s1. The fraction of sp³-hybridized carbons (Fsp3) is 0.452. The predicted octanol–water partition coefficient (Wildman–Crippen LogP) is 3.84. The number of hydrogen-bond donors (Lipinski definition) is 4. The Morgan fingerprint density at radius 2 is 1.66 bits per heavy atom. The van der Waals surface area contributed by atoms with Gasteiger partial charge in [-0.3, -0.25) is 33.6 Å². The Hall–Kier alpha value is -6.10. The van der Waals surface area contributed by atoms with E-state index >= 15 is 4.39 Å². The lowest BCUT2D eigenvalue weighted by molar-refractivity contribution is -0.134. The maximum atomic E-state index is 15.1. The Morgan fingerprint density at radius 3 is 2.42 bits per heavy atom. The molecule has 7 heterocycles. The summed E-state index contributed by atoms with van der Waals surface area (Å²) in [4.78, 5) is 76.0. The molecule has 0 radical (unpaired) electrons. The first-order chi connectivity index (χ1) is 28.7. The second-order valence-corrected chi connectivity index (χ2v) is 16.3. The number of benzene rings is 2. The van der Waals surface area contributed by atoms with Gasteiger partial charge in [0.25, 0.3) is 11.8 Å². The van der Waals surface area contributed by atoms with Crippen molar-refractivity contribution in [3.05, 3.63) is 82.5 Å². The van der Waals surface area contributed by atoms with Crippen molar-refractivity contribution < 1.29 is 23.6 Å². The average Bonchev–Trinajstić information content (AvgIpc) is 3.91. The number of piperidine rings is 4. The van der Waals surface area contributed by atoms with E-state index in [1.54, 1.807) is 6.07 Å². The van der Waals surface area contributed by atoms with E-state index in [-0.39, 0.29) is 47.5 Å². The minimum Gasteiger partial charge on any atom is -0.371 e. The summed E-state index contributed by atoms with van der Waals surface area (Å²) >= 11 is 0. The molecule has 0 spiro atoms. The third-order valence-corrected chi connectivity index (χ3v) is 12.4. The summed E-state index contributed by atoms with van der Waals surface area (Å²) in [6.07, 6.45) is 14.1. The number of nitrogens with one attached hydrogen (secondary N) is 4. The first kappa shape index (κ1) is 38.4. The molecule has 5 aromatic rings. The molecule has 4 aliphatic heterocycles. The lowest BCUT2D eigenvalue weighted by Gasteiger charge is -2.38. The van der Waals surface area contributed by atoms with Crippen molar-refractivity contribution in [1.29, 1.82) is 0 Å². The molecule has 0 bridgehead atoms.